The molecule has 1 aliphatic rings. The smallest absolute Gasteiger partial charge is 0.0738 e. The lowest BCUT2D eigenvalue weighted by atomic mass is 10.1. The molecular formula is C10H19N5. The van der Waals surface area contributed by atoms with Gasteiger partial charge in [0.1, 0.15) is 0 Å². The molecule has 15 heavy (non-hydrogen) atoms. The molecule has 0 unspecified atom stereocenters. The molecule has 1 aromatic heterocycles. The zero-order valence-electron chi connectivity index (χ0n) is 9.64. The zero-order chi connectivity index (χ0) is 10.8. The summed E-state index contributed by atoms with van der Waals surface area (Å²) in [6.07, 6.45) is 1.85. The Morgan fingerprint density at radius 1 is 1.40 bits per heavy atom. The molecule has 84 valence electrons. The molecule has 1 saturated heterocycles. The molecule has 0 saturated carbocycles. The highest BCUT2D eigenvalue weighted by atomic mass is 15.4. The fraction of sp³-hybridized carbons (Fsp3) is 0.800. The Morgan fingerprint density at radius 2 is 2.07 bits per heavy atom. The molecule has 1 aromatic rings. The summed E-state index contributed by atoms with van der Waals surface area (Å²) in [5.74, 6) is 0. The van der Waals surface area contributed by atoms with Crippen molar-refractivity contribution in [3.05, 3.63) is 11.9 Å². The van der Waals surface area contributed by atoms with Crippen LogP contribution in [0.4, 0.5) is 0 Å². The number of hydrogen-bond acceptors (Lipinski definition) is 4. The van der Waals surface area contributed by atoms with Crippen molar-refractivity contribution in [1.29, 1.82) is 0 Å². The van der Waals surface area contributed by atoms with Crippen molar-refractivity contribution < 1.29 is 0 Å². The van der Waals surface area contributed by atoms with Crippen molar-refractivity contribution >= 4 is 0 Å². The van der Waals surface area contributed by atoms with Gasteiger partial charge in [0.25, 0.3) is 0 Å². The predicted molar refractivity (Wildman–Crippen MR) is 58.3 cm³/mol. The standard InChI is InChI=1S/C10H19N5/c1-8-4-11-5-9(2)15(8)7-10-6-12-13-14(10)3/h6,8-9,11H,4-5,7H2,1-3H3/t8-,9+. The third-order valence-electron chi connectivity index (χ3n) is 3.16. The third kappa shape index (κ3) is 2.18. The van der Waals surface area contributed by atoms with Crippen LogP contribution in [0.2, 0.25) is 0 Å². The Bertz CT molecular complexity index is 311. The molecule has 2 atom stereocenters. The first-order valence-corrected chi connectivity index (χ1v) is 5.48. The van der Waals surface area contributed by atoms with Gasteiger partial charge in [-0.1, -0.05) is 5.21 Å². The summed E-state index contributed by atoms with van der Waals surface area (Å²) < 4.78 is 1.85. The van der Waals surface area contributed by atoms with Gasteiger partial charge in [0, 0.05) is 38.8 Å². The molecule has 2 heterocycles. The lowest BCUT2D eigenvalue weighted by molar-refractivity contribution is 0.106. The van der Waals surface area contributed by atoms with Crippen LogP contribution < -0.4 is 5.32 Å². The first-order chi connectivity index (χ1) is 7.18. The normalized spacial score (nSPS) is 28.2. The molecule has 5 nitrogen and oxygen atoms in total. The fourth-order valence-electron chi connectivity index (χ4n) is 2.12. The number of piperazine rings is 1. The van der Waals surface area contributed by atoms with E-state index in [1.807, 2.05) is 17.9 Å². The van der Waals surface area contributed by atoms with Gasteiger partial charge in [0.15, 0.2) is 0 Å². The van der Waals surface area contributed by atoms with Gasteiger partial charge in [-0.15, -0.1) is 5.10 Å². The van der Waals surface area contributed by atoms with E-state index in [9.17, 15) is 0 Å². The van der Waals surface area contributed by atoms with Crippen molar-refractivity contribution in [2.24, 2.45) is 7.05 Å². The molecule has 1 fully saturated rings. The van der Waals surface area contributed by atoms with E-state index in [1.165, 1.54) is 5.69 Å². The van der Waals surface area contributed by atoms with Crippen LogP contribution in [0.3, 0.4) is 0 Å². The number of rotatable bonds is 2. The summed E-state index contributed by atoms with van der Waals surface area (Å²) in [7, 11) is 1.94. The number of nitrogens with zero attached hydrogens (tertiary/aromatic N) is 4. The van der Waals surface area contributed by atoms with Crippen LogP contribution in [0.15, 0.2) is 6.20 Å². The van der Waals surface area contributed by atoms with Crippen molar-refractivity contribution in [1.82, 2.24) is 25.2 Å². The Hall–Kier alpha value is -0.940. The highest BCUT2D eigenvalue weighted by Gasteiger charge is 2.25. The molecule has 0 bridgehead atoms. The van der Waals surface area contributed by atoms with E-state index in [0.717, 1.165) is 19.6 Å². The summed E-state index contributed by atoms with van der Waals surface area (Å²) in [6.45, 7) is 7.58. The van der Waals surface area contributed by atoms with Crippen molar-refractivity contribution in [3.63, 3.8) is 0 Å². The average molecular weight is 209 g/mol. The van der Waals surface area contributed by atoms with E-state index in [4.69, 9.17) is 0 Å². The Balaban J connectivity index is 2.06. The van der Waals surface area contributed by atoms with Gasteiger partial charge in [-0.3, -0.25) is 9.58 Å². The Morgan fingerprint density at radius 3 is 2.60 bits per heavy atom. The second-order valence-electron chi connectivity index (χ2n) is 4.38. The van der Waals surface area contributed by atoms with E-state index >= 15 is 0 Å². The Labute approximate surface area is 90.5 Å². The van der Waals surface area contributed by atoms with Gasteiger partial charge >= 0.3 is 0 Å². The summed E-state index contributed by atoms with van der Waals surface area (Å²) in [4.78, 5) is 2.50. The highest BCUT2D eigenvalue weighted by Crippen LogP contribution is 2.13. The highest BCUT2D eigenvalue weighted by molar-refractivity contribution is 4.96. The van der Waals surface area contributed by atoms with Gasteiger partial charge in [-0.05, 0) is 13.8 Å². The lowest BCUT2D eigenvalue weighted by Crippen LogP contribution is -2.54. The van der Waals surface area contributed by atoms with Crippen LogP contribution in [-0.4, -0.2) is 45.1 Å². The molecule has 1 N–H and O–H groups in total. The van der Waals surface area contributed by atoms with E-state index in [2.05, 4.69) is 34.4 Å². The summed E-state index contributed by atoms with van der Waals surface area (Å²) >= 11 is 0. The van der Waals surface area contributed by atoms with Crippen LogP contribution in [0.1, 0.15) is 19.5 Å². The minimum Gasteiger partial charge on any atom is -0.314 e. The van der Waals surface area contributed by atoms with Gasteiger partial charge in [-0.2, -0.15) is 0 Å². The molecule has 0 aliphatic carbocycles. The molecule has 0 aromatic carbocycles. The summed E-state index contributed by atoms with van der Waals surface area (Å²) in [5.41, 5.74) is 1.18. The second kappa shape index (κ2) is 4.28. The van der Waals surface area contributed by atoms with Gasteiger partial charge in [-0.25, -0.2) is 0 Å². The zero-order valence-corrected chi connectivity index (χ0v) is 9.64. The third-order valence-corrected chi connectivity index (χ3v) is 3.16. The number of aryl methyl sites for hydroxylation is 1. The van der Waals surface area contributed by atoms with E-state index in [1.54, 1.807) is 0 Å². The van der Waals surface area contributed by atoms with Crippen molar-refractivity contribution in [2.45, 2.75) is 32.5 Å². The van der Waals surface area contributed by atoms with Crippen LogP contribution in [-0.2, 0) is 13.6 Å². The molecule has 0 amide bonds. The average Bonchev–Trinajstić information content (AvgIpc) is 2.58. The van der Waals surface area contributed by atoms with Crippen molar-refractivity contribution in [2.75, 3.05) is 13.1 Å². The second-order valence-corrected chi connectivity index (χ2v) is 4.38. The largest absolute Gasteiger partial charge is 0.314 e. The quantitative estimate of drug-likeness (QED) is 0.744. The van der Waals surface area contributed by atoms with Crippen LogP contribution in [0.5, 0.6) is 0 Å². The van der Waals surface area contributed by atoms with Crippen LogP contribution in [0.25, 0.3) is 0 Å². The summed E-state index contributed by atoms with van der Waals surface area (Å²) in [5, 5.41) is 11.3. The SMILES string of the molecule is C[C@@H]1CNC[C@H](C)N1Cc1cnnn1C. The predicted octanol–water partition coefficient (Wildman–Crippen LogP) is -0.00270. The maximum Gasteiger partial charge on any atom is 0.0738 e. The fourth-order valence-corrected chi connectivity index (χ4v) is 2.12. The van der Waals surface area contributed by atoms with Gasteiger partial charge in [0.2, 0.25) is 0 Å². The molecule has 2 rings (SSSR count). The number of nitrogens with one attached hydrogen (secondary N) is 1. The molecular weight excluding hydrogens is 190 g/mol. The van der Waals surface area contributed by atoms with Crippen LogP contribution in [0, 0.1) is 0 Å². The first kappa shape index (κ1) is 10.6. The van der Waals surface area contributed by atoms with E-state index < -0.39 is 0 Å². The van der Waals surface area contributed by atoms with Gasteiger partial charge in [0.05, 0.1) is 11.9 Å². The van der Waals surface area contributed by atoms with Crippen molar-refractivity contribution in [3.8, 4) is 0 Å². The minimum absolute atomic E-state index is 0.573. The maximum absolute atomic E-state index is 3.96. The van der Waals surface area contributed by atoms with E-state index in [-0.39, 0.29) is 0 Å². The number of hydrogen-bond donors (Lipinski definition) is 1. The first-order valence-electron chi connectivity index (χ1n) is 5.48. The molecule has 0 spiro atoms. The lowest BCUT2D eigenvalue weighted by Gasteiger charge is -2.39. The summed E-state index contributed by atoms with van der Waals surface area (Å²) in [6, 6.07) is 1.15. The van der Waals surface area contributed by atoms with E-state index in [0.29, 0.717) is 12.1 Å². The van der Waals surface area contributed by atoms with Gasteiger partial charge < -0.3 is 5.32 Å². The van der Waals surface area contributed by atoms with Crippen LogP contribution >= 0.6 is 0 Å². The molecule has 5 heteroatoms. The Kier molecular flexibility index (Phi) is 3.02. The molecule has 1 aliphatic heterocycles. The minimum atomic E-state index is 0.573. The maximum atomic E-state index is 3.96. The monoisotopic (exact) mass is 209 g/mol. The molecule has 0 radical (unpaired) electrons. The topological polar surface area (TPSA) is 46.0 Å². The number of aromatic nitrogens is 3.